The Kier molecular flexibility index (Phi) is 2.91. The van der Waals surface area contributed by atoms with Gasteiger partial charge in [-0.2, -0.15) is 0 Å². The average molecular weight is 260 g/mol. The van der Waals surface area contributed by atoms with E-state index in [4.69, 9.17) is 11.5 Å². The lowest BCUT2D eigenvalue weighted by Gasteiger charge is -2.15. The Balaban J connectivity index is 2.03. The second-order valence-corrected chi connectivity index (χ2v) is 5.61. The van der Waals surface area contributed by atoms with E-state index in [-0.39, 0.29) is 0 Å². The van der Waals surface area contributed by atoms with Gasteiger partial charge in [-0.05, 0) is 24.8 Å². The fourth-order valence-corrected chi connectivity index (χ4v) is 3.31. The molecule has 2 aromatic rings. The largest absolute Gasteiger partial charge is 0.398 e. The van der Waals surface area contributed by atoms with Crippen molar-refractivity contribution in [1.82, 2.24) is 9.97 Å². The fourth-order valence-electron chi connectivity index (χ4n) is 2.71. The molecule has 1 fully saturated rings. The highest BCUT2D eigenvalue weighted by atomic mass is 32.1. The smallest absolute Gasteiger partial charge is 0.141 e. The first-order valence-corrected chi connectivity index (χ1v) is 7.09. The molecule has 94 valence electrons. The van der Waals surface area contributed by atoms with Crippen LogP contribution in [0.15, 0.2) is 17.6 Å². The van der Waals surface area contributed by atoms with E-state index in [0.717, 1.165) is 22.0 Å². The Bertz CT molecular complexity index is 521. The number of hydrogen-bond acceptors (Lipinski definition) is 5. The molecule has 18 heavy (non-hydrogen) atoms. The van der Waals surface area contributed by atoms with Crippen molar-refractivity contribution in [3.63, 3.8) is 0 Å². The molecule has 2 aromatic heterocycles. The predicted molar refractivity (Wildman–Crippen MR) is 75.4 cm³/mol. The molecule has 0 atom stereocenters. The minimum Gasteiger partial charge on any atom is -0.398 e. The van der Waals surface area contributed by atoms with Crippen molar-refractivity contribution < 1.29 is 0 Å². The first-order valence-electron chi connectivity index (χ1n) is 6.21. The van der Waals surface area contributed by atoms with Crippen LogP contribution in [0.25, 0.3) is 10.7 Å². The van der Waals surface area contributed by atoms with Crippen LogP contribution in [0.1, 0.15) is 37.2 Å². The van der Waals surface area contributed by atoms with Gasteiger partial charge in [0, 0.05) is 22.8 Å². The topological polar surface area (TPSA) is 77.8 Å². The number of thiazole rings is 1. The van der Waals surface area contributed by atoms with Gasteiger partial charge in [0.2, 0.25) is 0 Å². The van der Waals surface area contributed by atoms with E-state index in [0.29, 0.717) is 11.7 Å². The monoisotopic (exact) mass is 260 g/mol. The van der Waals surface area contributed by atoms with Gasteiger partial charge in [-0.15, -0.1) is 11.3 Å². The van der Waals surface area contributed by atoms with Crippen LogP contribution in [0.3, 0.4) is 0 Å². The summed E-state index contributed by atoms with van der Waals surface area (Å²) in [5.41, 5.74) is 14.9. The number of nitrogen functional groups attached to an aromatic ring is 2. The Labute approximate surface area is 110 Å². The molecule has 0 saturated heterocycles. The molecule has 4 nitrogen and oxygen atoms in total. The Morgan fingerprint density at radius 3 is 2.61 bits per heavy atom. The van der Waals surface area contributed by atoms with Crippen LogP contribution in [0.4, 0.5) is 11.5 Å². The zero-order valence-corrected chi connectivity index (χ0v) is 10.9. The maximum absolute atomic E-state index is 6.16. The standard InChI is InChI=1S/C13H16N4S/c14-9-7-10(13-16-5-6-18-13)17-12(15)11(9)8-3-1-2-4-8/h5-8H,1-4H2,(H4,14,15,17). The van der Waals surface area contributed by atoms with Gasteiger partial charge in [-0.3, -0.25) is 0 Å². The Hall–Kier alpha value is -1.62. The van der Waals surface area contributed by atoms with Gasteiger partial charge >= 0.3 is 0 Å². The molecule has 0 bridgehead atoms. The van der Waals surface area contributed by atoms with Crippen LogP contribution in [0.5, 0.6) is 0 Å². The number of pyridine rings is 1. The number of anilines is 2. The first-order chi connectivity index (χ1) is 8.75. The van der Waals surface area contributed by atoms with Crippen molar-refractivity contribution in [2.45, 2.75) is 31.6 Å². The second-order valence-electron chi connectivity index (χ2n) is 4.71. The molecule has 0 radical (unpaired) electrons. The Morgan fingerprint density at radius 1 is 1.22 bits per heavy atom. The zero-order chi connectivity index (χ0) is 12.5. The summed E-state index contributed by atoms with van der Waals surface area (Å²) in [5, 5.41) is 2.79. The molecule has 4 N–H and O–H groups in total. The van der Waals surface area contributed by atoms with Crippen LogP contribution in [-0.4, -0.2) is 9.97 Å². The summed E-state index contributed by atoms with van der Waals surface area (Å²) >= 11 is 1.55. The molecule has 2 heterocycles. The van der Waals surface area contributed by atoms with Crippen molar-refractivity contribution >= 4 is 22.8 Å². The van der Waals surface area contributed by atoms with Gasteiger partial charge in [0.15, 0.2) is 0 Å². The molecule has 0 amide bonds. The number of nitrogens with two attached hydrogens (primary N) is 2. The summed E-state index contributed by atoms with van der Waals surface area (Å²) in [4.78, 5) is 8.71. The van der Waals surface area contributed by atoms with E-state index < -0.39 is 0 Å². The van der Waals surface area contributed by atoms with Crippen LogP contribution in [-0.2, 0) is 0 Å². The van der Waals surface area contributed by atoms with Crippen molar-refractivity contribution in [3.05, 3.63) is 23.2 Å². The van der Waals surface area contributed by atoms with Gasteiger partial charge in [0.1, 0.15) is 16.5 Å². The third-order valence-corrected chi connectivity index (χ3v) is 4.33. The van der Waals surface area contributed by atoms with Crippen LogP contribution in [0.2, 0.25) is 0 Å². The molecular weight excluding hydrogens is 244 g/mol. The molecular formula is C13H16N4S. The van der Waals surface area contributed by atoms with Gasteiger partial charge in [-0.1, -0.05) is 12.8 Å². The molecule has 0 aliphatic heterocycles. The average Bonchev–Trinajstić information content (AvgIpc) is 3.01. The third kappa shape index (κ3) is 1.95. The molecule has 1 aliphatic rings. The van der Waals surface area contributed by atoms with E-state index in [9.17, 15) is 0 Å². The summed E-state index contributed by atoms with van der Waals surface area (Å²) in [5.74, 6) is 1.06. The number of nitrogens with zero attached hydrogens (tertiary/aromatic N) is 2. The highest BCUT2D eigenvalue weighted by molar-refractivity contribution is 7.13. The lowest BCUT2D eigenvalue weighted by molar-refractivity contribution is 0.725. The third-order valence-electron chi connectivity index (χ3n) is 3.53. The molecule has 0 unspecified atom stereocenters. The highest BCUT2D eigenvalue weighted by Gasteiger charge is 2.23. The van der Waals surface area contributed by atoms with Crippen molar-refractivity contribution in [1.29, 1.82) is 0 Å². The lowest BCUT2D eigenvalue weighted by atomic mass is 9.96. The summed E-state index contributed by atoms with van der Waals surface area (Å²) < 4.78 is 0. The van der Waals surface area contributed by atoms with E-state index in [1.807, 2.05) is 11.4 Å². The van der Waals surface area contributed by atoms with E-state index >= 15 is 0 Å². The number of rotatable bonds is 2. The lowest BCUT2D eigenvalue weighted by Crippen LogP contribution is -2.07. The second kappa shape index (κ2) is 4.57. The van der Waals surface area contributed by atoms with Gasteiger partial charge in [-0.25, -0.2) is 9.97 Å². The van der Waals surface area contributed by atoms with Crippen molar-refractivity contribution in [2.24, 2.45) is 0 Å². The SMILES string of the molecule is Nc1cc(-c2nccs2)nc(N)c1C1CCCC1. The number of aromatic nitrogens is 2. The summed E-state index contributed by atoms with van der Waals surface area (Å²) in [7, 11) is 0. The van der Waals surface area contributed by atoms with Gasteiger partial charge < -0.3 is 11.5 Å². The van der Waals surface area contributed by atoms with Crippen LogP contribution in [0, 0.1) is 0 Å². The molecule has 0 spiro atoms. The van der Waals surface area contributed by atoms with Crippen LogP contribution >= 0.6 is 11.3 Å². The van der Waals surface area contributed by atoms with E-state index in [1.54, 1.807) is 17.5 Å². The molecule has 1 saturated carbocycles. The van der Waals surface area contributed by atoms with Crippen molar-refractivity contribution in [2.75, 3.05) is 11.5 Å². The Morgan fingerprint density at radius 2 is 2.00 bits per heavy atom. The van der Waals surface area contributed by atoms with E-state index in [2.05, 4.69) is 9.97 Å². The fraction of sp³-hybridized carbons (Fsp3) is 0.385. The summed E-state index contributed by atoms with van der Waals surface area (Å²) in [6, 6.07) is 1.91. The van der Waals surface area contributed by atoms with Gasteiger partial charge in [0.05, 0.1) is 0 Å². The van der Waals surface area contributed by atoms with E-state index in [1.165, 1.54) is 25.7 Å². The highest BCUT2D eigenvalue weighted by Crippen LogP contribution is 2.40. The predicted octanol–water partition coefficient (Wildman–Crippen LogP) is 3.03. The van der Waals surface area contributed by atoms with Crippen molar-refractivity contribution in [3.8, 4) is 10.7 Å². The zero-order valence-electron chi connectivity index (χ0n) is 10.1. The number of hydrogen-bond donors (Lipinski definition) is 2. The molecule has 5 heteroatoms. The minimum atomic E-state index is 0.489. The first kappa shape index (κ1) is 11.5. The summed E-state index contributed by atoms with van der Waals surface area (Å²) in [6.45, 7) is 0. The van der Waals surface area contributed by atoms with Gasteiger partial charge in [0.25, 0.3) is 0 Å². The summed E-state index contributed by atoms with van der Waals surface area (Å²) in [6.07, 6.45) is 6.63. The molecule has 3 rings (SSSR count). The molecule has 1 aliphatic carbocycles. The normalized spacial score (nSPS) is 16.2. The van der Waals surface area contributed by atoms with Crippen LogP contribution < -0.4 is 11.5 Å². The maximum atomic E-state index is 6.16. The quantitative estimate of drug-likeness (QED) is 0.870. The molecule has 0 aromatic carbocycles. The minimum absolute atomic E-state index is 0.489. The maximum Gasteiger partial charge on any atom is 0.141 e.